The van der Waals surface area contributed by atoms with Gasteiger partial charge >= 0.3 is 0 Å². The van der Waals surface area contributed by atoms with E-state index in [9.17, 15) is 0 Å². The van der Waals surface area contributed by atoms with E-state index < -0.39 is 11.2 Å². The molecule has 0 N–H and O–H groups in total. The van der Waals surface area contributed by atoms with Crippen molar-refractivity contribution in [3.05, 3.63) is 71.8 Å². The first-order valence-electron chi connectivity index (χ1n) is 7.46. The van der Waals surface area contributed by atoms with Crippen LogP contribution in [0.1, 0.15) is 45.2 Å². The fourth-order valence-electron chi connectivity index (χ4n) is 2.19. The third-order valence-corrected chi connectivity index (χ3v) is 3.96. The first kappa shape index (κ1) is 15.7. The normalized spacial score (nSPS) is 14.7. The summed E-state index contributed by atoms with van der Waals surface area (Å²) < 4.78 is 0. The zero-order valence-corrected chi connectivity index (χ0v) is 13.3. The highest BCUT2D eigenvalue weighted by Gasteiger charge is 2.31. The minimum absolute atomic E-state index is 0.451. The summed E-state index contributed by atoms with van der Waals surface area (Å²) in [5.74, 6) is 0. The minimum Gasteiger partial charge on any atom is -0.225 e. The molecule has 2 aromatic rings. The third-order valence-electron chi connectivity index (χ3n) is 3.96. The van der Waals surface area contributed by atoms with Crippen LogP contribution in [0.25, 0.3) is 0 Å². The molecule has 2 aromatic carbocycles. The summed E-state index contributed by atoms with van der Waals surface area (Å²) in [7, 11) is 0. The Labute approximate surface area is 127 Å². The van der Waals surface area contributed by atoms with Crippen molar-refractivity contribution in [1.29, 1.82) is 0 Å². The summed E-state index contributed by atoms with van der Waals surface area (Å²) in [6, 6.07) is 20.3. The van der Waals surface area contributed by atoms with Crippen molar-refractivity contribution in [1.82, 2.24) is 0 Å². The lowest BCUT2D eigenvalue weighted by molar-refractivity contribution is -0.414. The lowest BCUT2D eigenvalue weighted by atomic mass is 9.93. The Hall–Kier alpha value is -1.64. The summed E-state index contributed by atoms with van der Waals surface area (Å²) in [5, 5.41) is 0. The van der Waals surface area contributed by atoms with Crippen LogP contribution in [-0.2, 0) is 21.0 Å². The van der Waals surface area contributed by atoms with Crippen LogP contribution >= 0.6 is 0 Å². The van der Waals surface area contributed by atoms with E-state index in [2.05, 4.69) is 38.1 Å². The zero-order chi connectivity index (χ0) is 15.3. The van der Waals surface area contributed by atoms with E-state index >= 15 is 0 Å². The molecule has 0 fully saturated rings. The molecule has 2 nitrogen and oxygen atoms in total. The molecule has 2 heteroatoms. The van der Waals surface area contributed by atoms with Crippen LogP contribution in [0.5, 0.6) is 0 Å². The maximum atomic E-state index is 5.88. The van der Waals surface area contributed by atoms with Crippen LogP contribution in [0.3, 0.4) is 0 Å². The van der Waals surface area contributed by atoms with Gasteiger partial charge in [-0.2, -0.15) is 0 Å². The highest BCUT2D eigenvalue weighted by Crippen LogP contribution is 2.33. The molecular formula is C19H24O2. The maximum absolute atomic E-state index is 5.88. The quantitative estimate of drug-likeness (QED) is 0.536. The van der Waals surface area contributed by atoms with Crippen LogP contribution < -0.4 is 0 Å². The summed E-state index contributed by atoms with van der Waals surface area (Å²) in [4.78, 5) is 11.7. The molecule has 0 aliphatic carbocycles. The lowest BCUT2D eigenvalue weighted by Gasteiger charge is -2.33. The summed E-state index contributed by atoms with van der Waals surface area (Å²) in [6.45, 7) is 8.20. The summed E-state index contributed by atoms with van der Waals surface area (Å²) in [6.07, 6.45) is 0.835. The summed E-state index contributed by atoms with van der Waals surface area (Å²) in [5.41, 5.74) is 1.27. The Balaban J connectivity index is 2.13. The van der Waals surface area contributed by atoms with Gasteiger partial charge in [-0.1, -0.05) is 67.6 Å². The van der Waals surface area contributed by atoms with Crippen LogP contribution in [0.15, 0.2) is 60.7 Å². The molecule has 0 amide bonds. The molecule has 0 aliphatic heterocycles. The third kappa shape index (κ3) is 3.72. The molecule has 0 bridgehead atoms. The molecule has 0 saturated carbocycles. The number of hydrogen-bond acceptors (Lipinski definition) is 2. The minimum atomic E-state index is -0.494. The predicted molar refractivity (Wildman–Crippen MR) is 85.7 cm³/mol. The SMILES string of the molecule is CCC(C)(OOC(C)(C)c1ccccc1)c1ccccc1. The van der Waals surface area contributed by atoms with Crippen molar-refractivity contribution >= 4 is 0 Å². The molecule has 0 aromatic heterocycles. The molecule has 0 spiro atoms. The fraction of sp³-hybridized carbons (Fsp3) is 0.368. The average Bonchev–Trinajstić information content (AvgIpc) is 2.54. The standard InChI is InChI=1S/C19H24O2/c1-5-19(4,17-14-10-7-11-15-17)21-20-18(2,3)16-12-8-6-9-13-16/h6-15H,5H2,1-4H3. The smallest absolute Gasteiger partial charge is 0.125 e. The van der Waals surface area contributed by atoms with Crippen LogP contribution in [0.2, 0.25) is 0 Å². The van der Waals surface area contributed by atoms with E-state index in [0.717, 1.165) is 17.5 Å². The van der Waals surface area contributed by atoms with Crippen molar-refractivity contribution in [3.8, 4) is 0 Å². The Bertz CT molecular complexity index is 548. The van der Waals surface area contributed by atoms with Gasteiger partial charge in [-0.3, -0.25) is 0 Å². The lowest BCUT2D eigenvalue weighted by Crippen LogP contribution is -2.31. The fourth-order valence-corrected chi connectivity index (χ4v) is 2.19. The first-order valence-corrected chi connectivity index (χ1v) is 7.46. The van der Waals surface area contributed by atoms with Crippen LogP contribution in [0, 0.1) is 0 Å². The van der Waals surface area contributed by atoms with Gasteiger partial charge in [-0.15, -0.1) is 0 Å². The van der Waals surface area contributed by atoms with Gasteiger partial charge < -0.3 is 0 Å². The van der Waals surface area contributed by atoms with Gasteiger partial charge in [-0.05, 0) is 38.3 Å². The second kappa shape index (κ2) is 6.42. The Morgan fingerprint density at radius 2 is 1.19 bits per heavy atom. The highest BCUT2D eigenvalue weighted by atomic mass is 17.2. The van der Waals surface area contributed by atoms with Crippen molar-refractivity contribution in [3.63, 3.8) is 0 Å². The molecular weight excluding hydrogens is 260 g/mol. The molecule has 2 rings (SSSR count). The van der Waals surface area contributed by atoms with Crippen molar-refractivity contribution in [2.24, 2.45) is 0 Å². The molecule has 1 atom stereocenters. The zero-order valence-electron chi connectivity index (χ0n) is 13.3. The molecule has 0 saturated heterocycles. The van der Waals surface area contributed by atoms with Gasteiger partial charge in [0.25, 0.3) is 0 Å². The maximum Gasteiger partial charge on any atom is 0.125 e. The van der Waals surface area contributed by atoms with Crippen LogP contribution in [-0.4, -0.2) is 0 Å². The second-order valence-electron chi connectivity index (χ2n) is 5.99. The molecule has 0 radical (unpaired) electrons. The molecule has 1 unspecified atom stereocenters. The first-order chi connectivity index (χ1) is 9.98. The Kier molecular flexibility index (Phi) is 4.81. The monoisotopic (exact) mass is 284 g/mol. The van der Waals surface area contributed by atoms with Gasteiger partial charge in [0.05, 0.1) is 0 Å². The van der Waals surface area contributed by atoms with E-state index in [-0.39, 0.29) is 0 Å². The van der Waals surface area contributed by atoms with Crippen molar-refractivity contribution in [2.75, 3.05) is 0 Å². The largest absolute Gasteiger partial charge is 0.225 e. The number of hydrogen-bond donors (Lipinski definition) is 0. The van der Waals surface area contributed by atoms with E-state index in [1.54, 1.807) is 0 Å². The van der Waals surface area contributed by atoms with Gasteiger partial charge in [-0.25, -0.2) is 9.78 Å². The molecule has 112 valence electrons. The van der Waals surface area contributed by atoms with Gasteiger partial charge in [0, 0.05) is 0 Å². The Morgan fingerprint density at radius 1 is 0.714 bits per heavy atom. The summed E-state index contributed by atoms with van der Waals surface area (Å²) >= 11 is 0. The molecule has 21 heavy (non-hydrogen) atoms. The molecule has 0 aliphatic rings. The van der Waals surface area contributed by atoms with Gasteiger partial charge in [0.1, 0.15) is 11.2 Å². The van der Waals surface area contributed by atoms with Gasteiger partial charge in [0.2, 0.25) is 0 Å². The van der Waals surface area contributed by atoms with Crippen molar-refractivity contribution < 1.29 is 9.78 Å². The number of rotatable bonds is 6. The van der Waals surface area contributed by atoms with Crippen LogP contribution in [0.4, 0.5) is 0 Å². The van der Waals surface area contributed by atoms with E-state index in [1.165, 1.54) is 0 Å². The van der Waals surface area contributed by atoms with E-state index in [4.69, 9.17) is 9.78 Å². The predicted octanol–water partition coefficient (Wildman–Crippen LogP) is 5.20. The topological polar surface area (TPSA) is 18.5 Å². The second-order valence-corrected chi connectivity index (χ2v) is 5.99. The Morgan fingerprint density at radius 3 is 1.67 bits per heavy atom. The van der Waals surface area contributed by atoms with E-state index in [0.29, 0.717) is 0 Å². The highest BCUT2D eigenvalue weighted by molar-refractivity contribution is 5.22. The molecule has 0 heterocycles. The average molecular weight is 284 g/mol. The van der Waals surface area contributed by atoms with Gasteiger partial charge in [0.15, 0.2) is 0 Å². The number of benzene rings is 2. The van der Waals surface area contributed by atoms with E-state index in [1.807, 2.05) is 50.2 Å². The van der Waals surface area contributed by atoms with Crippen molar-refractivity contribution in [2.45, 2.75) is 45.3 Å².